The Morgan fingerprint density at radius 3 is 2.64 bits per heavy atom. The van der Waals surface area contributed by atoms with Crippen molar-refractivity contribution in [1.29, 1.82) is 0 Å². The third kappa shape index (κ3) is 6.43. The standard InChI is InChI=1S/C17H13F3N4OSSe.C8H15N/c1-10-23-9-14(26-10)15(25)22-6-2-4-11-8-13-12(21)5-3-7-24(13)16(11)27-17(18,19)20;1-9-7-3-2-4-8(9)6-5-7/h3,5,7-9H,6,21H2,1H3,(H,22,25);7-8H,2-6H2,1H3. The molecule has 5 rings (SSSR count). The number of hydrogen-bond donors (Lipinski definition) is 2. The fourth-order valence-electron chi connectivity index (χ4n) is 4.69. The monoisotopic (exact) mass is 583 g/mol. The van der Waals surface area contributed by atoms with Gasteiger partial charge >= 0.3 is 163 Å². The molecule has 0 radical (unpaired) electrons. The molecule has 0 spiro atoms. The second-order valence-electron chi connectivity index (χ2n) is 8.84. The van der Waals surface area contributed by atoms with Crippen molar-refractivity contribution in [1.82, 2.24) is 19.6 Å². The van der Waals surface area contributed by atoms with E-state index >= 15 is 0 Å². The second kappa shape index (κ2) is 11.3. The van der Waals surface area contributed by atoms with Crippen LogP contribution in [0.1, 0.15) is 52.3 Å². The first kappa shape index (κ1) is 26.5. The predicted molar refractivity (Wildman–Crippen MR) is 138 cm³/mol. The number of carbonyl (C=O) groups excluding carboxylic acids is 1. The zero-order valence-corrected chi connectivity index (χ0v) is 22.6. The fraction of sp³-hybridized carbons (Fsp3) is 0.440. The molecular formula is C25H28F3N5OSSe. The number of piperidine rings is 1. The van der Waals surface area contributed by atoms with Gasteiger partial charge < -0.3 is 4.90 Å². The van der Waals surface area contributed by atoms with Gasteiger partial charge in [0.2, 0.25) is 0 Å². The molecule has 192 valence electrons. The number of hydrogen-bond acceptors (Lipinski definition) is 5. The van der Waals surface area contributed by atoms with Gasteiger partial charge in [0.05, 0.1) is 0 Å². The molecule has 3 aromatic rings. The zero-order valence-electron chi connectivity index (χ0n) is 20.1. The summed E-state index contributed by atoms with van der Waals surface area (Å²) in [5.74, 6) is 5.11. The molecule has 6 nitrogen and oxygen atoms in total. The fourth-order valence-corrected chi connectivity index (χ4v) is 6.85. The van der Waals surface area contributed by atoms with Crippen molar-refractivity contribution in [3.63, 3.8) is 0 Å². The molecule has 2 aliphatic rings. The van der Waals surface area contributed by atoms with Crippen molar-refractivity contribution in [2.24, 2.45) is 0 Å². The summed E-state index contributed by atoms with van der Waals surface area (Å²) >= 11 is -0.525. The summed E-state index contributed by atoms with van der Waals surface area (Å²) in [6.07, 6.45) is 10.4. The van der Waals surface area contributed by atoms with E-state index < -0.39 is 20.0 Å². The normalized spacial score (nSPS) is 19.4. The molecule has 2 aliphatic heterocycles. The van der Waals surface area contributed by atoms with Crippen LogP contribution in [-0.2, 0) is 0 Å². The molecule has 2 atom stereocenters. The SMILES string of the molecule is CN1C2CCCC1CC2.Cc1ncc(C(=O)NCC#Cc2cc3c(N)cccn3c2[Se]C(F)(F)F)s1. The first-order valence-corrected chi connectivity index (χ1v) is 14.2. The van der Waals surface area contributed by atoms with E-state index in [4.69, 9.17) is 5.73 Å². The second-order valence-corrected chi connectivity index (χ2v) is 12.3. The number of nitrogens with two attached hydrogens (primary N) is 1. The van der Waals surface area contributed by atoms with Crippen molar-refractivity contribution >= 4 is 48.0 Å². The molecular weight excluding hydrogens is 554 g/mol. The molecule has 2 bridgehead atoms. The van der Waals surface area contributed by atoms with E-state index in [9.17, 15) is 18.0 Å². The first-order chi connectivity index (χ1) is 17.1. The van der Waals surface area contributed by atoms with Gasteiger partial charge in [-0.15, -0.1) is 0 Å². The van der Waals surface area contributed by atoms with Gasteiger partial charge in [0.15, 0.2) is 0 Å². The molecule has 0 aromatic carbocycles. The summed E-state index contributed by atoms with van der Waals surface area (Å²) in [5.41, 5.74) is 6.97. The van der Waals surface area contributed by atoms with Crippen molar-refractivity contribution in [2.45, 2.75) is 56.2 Å². The van der Waals surface area contributed by atoms with E-state index in [0.717, 1.165) is 17.1 Å². The molecule has 3 aromatic heterocycles. The van der Waals surface area contributed by atoms with Crippen LogP contribution in [0.5, 0.6) is 0 Å². The van der Waals surface area contributed by atoms with Gasteiger partial charge in [-0.05, 0) is 32.7 Å². The number of aryl methyl sites for hydroxylation is 1. The molecule has 36 heavy (non-hydrogen) atoms. The molecule has 2 saturated heterocycles. The van der Waals surface area contributed by atoms with Crippen LogP contribution >= 0.6 is 11.3 Å². The number of thiazole rings is 1. The Hall–Kier alpha value is -2.51. The van der Waals surface area contributed by atoms with Crippen molar-refractivity contribution in [3.8, 4) is 11.8 Å². The minimum absolute atomic E-state index is 0.00983. The summed E-state index contributed by atoms with van der Waals surface area (Å²) in [4.78, 5) is 19.0. The van der Waals surface area contributed by atoms with Crippen molar-refractivity contribution < 1.29 is 18.0 Å². The molecule has 3 N–H and O–H groups in total. The molecule has 2 unspecified atom stereocenters. The van der Waals surface area contributed by atoms with Crippen LogP contribution in [0.15, 0.2) is 30.6 Å². The van der Waals surface area contributed by atoms with Gasteiger partial charge in [0.1, 0.15) is 0 Å². The summed E-state index contributed by atoms with van der Waals surface area (Å²) in [6, 6.07) is 6.67. The van der Waals surface area contributed by atoms with Crippen LogP contribution in [0.25, 0.3) is 5.52 Å². The van der Waals surface area contributed by atoms with E-state index in [-0.39, 0.29) is 22.6 Å². The number of nitrogens with zero attached hydrogens (tertiary/aromatic N) is 3. The van der Waals surface area contributed by atoms with Gasteiger partial charge in [0, 0.05) is 12.1 Å². The Morgan fingerprint density at radius 2 is 2.03 bits per heavy atom. The van der Waals surface area contributed by atoms with E-state index in [1.54, 1.807) is 25.1 Å². The Balaban J connectivity index is 0.000000280. The number of fused-ring (bicyclic) bond motifs is 3. The van der Waals surface area contributed by atoms with E-state index in [2.05, 4.69) is 34.1 Å². The van der Waals surface area contributed by atoms with Crippen LogP contribution in [0.4, 0.5) is 18.9 Å². The molecule has 2 fully saturated rings. The van der Waals surface area contributed by atoms with Gasteiger partial charge in [-0.1, -0.05) is 6.42 Å². The van der Waals surface area contributed by atoms with Gasteiger partial charge in [-0.3, -0.25) is 0 Å². The number of halogens is 3. The van der Waals surface area contributed by atoms with Crippen molar-refractivity contribution in [2.75, 3.05) is 19.3 Å². The Bertz CT molecular complexity index is 1280. The average molecular weight is 583 g/mol. The number of pyridine rings is 1. The summed E-state index contributed by atoms with van der Waals surface area (Å²) in [6.45, 7) is 1.80. The van der Waals surface area contributed by atoms with Crippen LogP contribution in [-0.4, -0.2) is 65.9 Å². The Morgan fingerprint density at radius 1 is 1.31 bits per heavy atom. The molecule has 5 heterocycles. The molecule has 11 heteroatoms. The molecule has 0 aliphatic carbocycles. The number of aromatic nitrogens is 2. The van der Waals surface area contributed by atoms with E-state index in [0.29, 0.717) is 16.1 Å². The average Bonchev–Trinajstić information content (AvgIpc) is 3.44. The zero-order chi connectivity index (χ0) is 25.9. The van der Waals surface area contributed by atoms with Crippen molar-refractivity contribution in [3.05, 3.63) is 46.0 Å². The first-order valence-electron chi connectivity index (χ1n) is 11.7. The number of carbonyl (C=O) groups is 1. The Kier molecular flexibility index (Phi) is 8.30. The number of rotatable bonds is 3. The van der Waals surface area contributed by atoms with Crippen LogP contribution in [0.2, 0.25) is 0 Å². The number of anilines is 1. The van der Waals surface area contributed by atoms with E-state index in [1.807, 2.05) is 0 Å². The number of amides is 1. The van der Waals surface area contributed by atoms with Gasteiger partial charge in [-0.2, -0.15) is 0 Å². The Labute approximate surface area is 218 Å². The van der Waals surface area contributed by atoms with Gasteiger partial charge in [-0.25, -0.2) is 0 Å². The van der Waals surface area contributed by atoms with Gasteiger partial charge in [0.25, 0.3) is 0 Å². The van der Waals surface area contributed by atoms with Crippen LogP contribution < -0.4 is 15.6 Å². The maximum absolute atomic E-state index is 13.0. The molecule has 0 saturated carbocycles. The third-order valence-corrected chi connectivity index (χ3v) is 9.15. The summed E-state index contributed by atoms with van der Waals surface area (Å²) in [7, 11) is 2.29. The molecule has 1 amide bonds. The summed E-state index contributed by atoms with van der Waals surface area (Å²) < 4.78 is 40.5. The van der Waals surface area contributed by atoms with E-state index in [1.165, 1.54) is 60.2 Å². The van der Waals surface area contributed by atoms with Crippen LogP contribution in [0.3, 0.4) is 0 Å². The van der Waals surface area contributed by atoms with Crippen LogP contribution in [0, 0.1) is 18.8 Å². The quantitative estimate of drug-likeness (QED) is 0.366. The number of alkyl halides is 3. The minimum atomic E-state index is -4.32. The maximum atomic E-state index is 13.0. The predicted octanol–water partition coefficient (Wildman–Crippen LogP) is 3.55. The summed E-state index contributed by atoms with van der Waals surface area (Å²) in [5, 5.41) is -0.947. The number of nitrogens with one attached hydrogen (secondary N) is 1. The topological polar surface area (TPSA) is 75.7 Å². The third-order valence-electron chi connectivity index (χ3n) is 6.47. The number of nitrogen functional groups attached to an aromatic ring is 1.